The third kappa shape index (κ3) is 4.02. The molecule has 3 N–H and O–H groups in total. The summed E-state index contributed by atoms with van der Waals surface area (Å²) in [5.41, 5.74) is 6.75. The van der Waals surface area contributed by atoms with Crippen LogP contribution in [0.15, 0.2) is 11.4 Å². The minimum absolute atomic E-state index is 0.347. The molecule has 1 atom stereocenters. The normalized spacial score (nSPS) is 20.2. The van der Waals surface area contributed by atoms with Gasteiger partial charge >= 0.3 is 0 Å². The zero-order valence-electron chi connectivity index (χ0n) is 12.8. The van der Waals surface area contributed by atoms with Crippen molar-refractivity contribution in [3.05, 3.63) is 21.9 Å². The highest BCUT2D eigenvalue weighted by Crippen LogP contribution is 2.28. The minimum atomic E-state index is -0.611. The summed E-state index contributed by atoms with van der Waals surface area (Å²) in [6.45, 7) is 11.4. The van der Waals surface area contributed by atoms with Crippen LogP contribution in [0.1, 0.15) is 30.3 Å². The molecule has 0 aliphatic carbocycles. The number of aliphatic hydroxyl groups is 1. The molecule has 0 radical (unpaired) electrons. The Bertz CT molecular complexity index is 419. The fourth-order valence-electron chi connectivity index (χ4n) is 2.93. The lowest BCUT2D eigenvalue weighted by Gasteiger charge is -2.40. The maximum absolute atomic E-state index is 9.90. The molecule has 2 heterocycles. The molecule has 1 saturated heterocycles. The largest absolute Gasteiger partial charge is 0.389 e. The van der Waals surface area contributed by atoms with Gasteiger partial charge in [-0.1, -0.05) is 0 Å². The molecular weight excluding hydrogens is 270 g/mol. The lowest BCUT2D eigenvalue weighted by molar-refractivity contribution is 0.0115. The van der Waals surface area contributed by atoms with Crippen LogP contribution in [0, 0.1) is 6.92 Å². The highest BCUT2D eigenvalue weighted by molar-refractivity contribution is 7.10. The standard InChI is InChI=1S/C15H27N3OS/c1-12-4-9-20-14(12)13(10-16)18-7-5-17(6-8-18)11-15(2,3)19/h4,9,13,19H,5-8,10-11,16H2,1-3H3. The topological polar surface area (TPSA) is 52.7 Å². The molecule has 1 fully saturated rings. The van der Waals surface area contributed by atoms with Gasteiger partial charge in [-0.05, 0) is 37.8 Å². The van der Waals surface area contributed by atoms with Crippen molar-refractivity contribution in [1.82, 2.24) is 9.80 Å². The first-order chi connectivity index (χ1) is 9.40. The average Bonchev–Trinajstić information content (AvgIpc) is 2.77. The van der Waals surface area contributed by atoms with Crippen molar-refractivity contribution >= 4 is 11.3 Å². The molecule has 0 saturated carbocycles. The Kier molecular flexibility index (Phi) is 5.20. The van der Waals surface area contributed by atoms with E-state index in [-0.39, 0.29) is 0 Å². The van der Waals surface area contributed by atoms with Crippen LogP contribution in [0.4, 0.5) is 0 Å². The molecule has 1 aromatic heterocycles. The maximum atomic E-state index is 9.90. The summed E-state index contributed by atoms with van der Waals surface area (Å²) in [5, 5.41) is 12.1. The Labute approximate surface area is 126 Å². The Morgan fingerprint density at radius 2 is 2.00 bits per heavy atom. The second-order valence-corrected chi connectivity index (χ2v) is 7.29. The summed E-state index contributed by atoms with van der Waals surface area (Å²) in [7, 11) is 0. The quantitative estimate of drug-likeness (QED) is 0.863. The van der Waals surface area contributed by atoms with Crippen LogP contribution in [-0.4, -0.2) is 59.8 Å². The number of piperazine rings is 1. The number of aryl methyl sites for hydroxylation is 1. The SMILES string of the molecule is Cc1ccsc1C(CN)N1CCN(CC(C)(C)O)CC1. The molecule has 1 unspecified atom stereocenters. The van der Waals surface area contributed by atoms with Crippen LogP contribution in [0.25, 0.3) is 0 Å². The lowest BCUT2D eigenvalue weighted by Crippen LogP contribution is -2.52. The van der Waals surface area contributed by atoms with Gasteiger partial charge in [0, 0.05) is 44.1 Å². The van der Waals surface area contributed by atoms with Crippen molar-refractivity contribution in [3.8, 4) is 0 Å². The van der Waals surface area contributed by atoms with Gasteiger partial charge in [0.15, 0.2) is 0 Å². The van der Waals surface area contributed by atoms with Crippen molar-refractivity contribution in [3.63, 3.8) is 0 Å². The molecule has 20 heavy (non-hydrogen) atoms. The number of thiophene rings is 1. The van der Waals surface area contributed by atoms with E-state index in [1.165, 1.54) is 10.4 Å². The Morgan fingerprint density at radius 1 is 1.35 bits per heavy atom. The fourth-order valence-corrected chi connectivity index (χ4v) is 4.00. The summed E-state index contributed by atoms with van der Waals surface area (Å²) in [4.78, 5) is 6.23. The van der Waals surface area contributed by atoms with E-state index < -0.39 is 5.60 Å². The van der Waals surface area contributed by atoms with Crippen LogP contribution in [0.3, 0.4) is 0 Å². The van der Waals surface area contributed by atoms with E-state index in [1.807, 2.05) is 25.2 Å². The molecule has 1 aromatic rings. The average molecular weight is 297 g/mol. The lowest BCUT2D eigenvalue weighted by atomic mass is 10.1. The van der Waals surface area contributed by atoms with E-state index in [2.05, 4.69) is 28.2 Å². The smallest absolute Gasteiger partial charge is 0.0718 e. The molecule has 114 valence electrons. The molecule has 0 bridgehead atoms. The maximum Gasteiger partial charge on any atom is 0.0718 e. The monoisotopic (exact) mass is 297 g/mol. The number of hydrogen-bond donors (Lipinski definition) is 2. The predicted octanol–water partition coefficient (Wildman–Crippen LogP) is 1.44. The molecule has 1 aliphatic rings. The molecule has 5 heteroatoms. The second-order valence-electron chi connectivity index (χ2n) is 6.34. The summed E-state index contributed by atoms with van der Waals surface area (Å²) < 4.78 is 0. The molecule has 0 aromatic carbocycles. The van der Waals surface area contributed by atoms with E-state index in [0.717, 1.165) is 32.7 Å². The molecule has 1 aliphatic heterocycles. The van der Waals surface area contributed by atoms with E-state index in [1.54, 1.807) is 0 Å². The van der Waals surface area contributed by atoms with Crippen molar-refractivity contribution in [2.24, 2.45) is 5.73 Å². The summed E-state index contributed by atoms with van der Waals surface area (Å²) in [6.07, 6.45) is 0. The number of rotatable bonds is 5. The van der Waals surface area contributed by atoms with Gasteiger partial charge in [-0.2, -0.15) is 0 Å². The van der Waals surface area contributed by atoms with E-state index >= 15 is 0 Å². The van der Waals surface area contributed by atoms with E-state index in [4.69, 9.17) is 5.73 Å². The predicted molar refractivity (Wildman–Crippen MR) is 85.2 cm³/mol. The summed E-state index contributed by atoms with van der Waals surface area (Å²) >= 11 is 1.81. The fraction of sp³-hybridized carbons (Fsp3) is 0.733. The Hall–Kier alpha value is -0.460. The zero-order chi connectivity index (χ0) is 14.8. The first kappa shape index (κ1) is 15.9. The first-order valence-corrected chi connectivity index (χ1v) is 8.21. The molecular formula is C15H27N3OS. The highest BCUT2D eigenvalue weighted by atomic mass is 32.1. The van der Waals surface area contributed by atoms with Crippen molar-refractivity contribution in [2.75, 3.05) is 39.3 Å². The molecule has 0 spiro atoms. The molecule has 4 nitrogen and oxygen atoms in total. The number of hydrogen-bond acceptors (Lipinski definition) is 5. The van der Waals surface area contributed by atoms with Gasteiger partial charge in [0.1, 0.15) is 0 Å². The van der Waals surface area contributed by atoms with Gasteiger partial charge in [0.05, 0.1) is 11.6 Å². The third-order valence-corrected chi connectivity index (χ3v) is 5.01. The van der Waals surface area contributed by atoms with Gasteiger partial charge in [-0.3, -0.25) is 9.80 Å². The Balaban J connectivity index is 1.94. The van der Waals surface area contributed by atoms with Gasteiger partial charge in [-0.15, -0.1) is 11.3 Å². The molecule has 2 rings (SSSR count). The van der Waals surface area contributed by atoms with Crippen molar-refractivity contribution < 1.29 is 5.11 Å². The Morgan fingerprint density at radius 3 is 2.45 bits per heavy atom. The van der Waals surface area contributed by atoms with Crippen LogP contribution in [0.2, 0.25) is 0 Å². The van der Waals surface area contributed by atoms with Crippen LogP contribution >= 0.6 is 11.3 Å². The first-order valence-electron chi connectivity index (χ1n) is 7.33. The molecule has 0 amide bonds. The van der Waals surface area contributed by atoms with E-state index in [0.29, 0.717) is 12.6 Å². The minimum Gasteiger partial charge on any atom is -0.389 e. The number of nitrogens with zero attached hydrogens (tertiary/aromatic N) is 2. The van der Waals surface area contributed by atoms with Crippen molar-refractivity contribution in [1.29, 1.82) is 0 Å². The van der Waals surface area contributed by atoms with Gasteiger partial charge in [0.25, 0.3) is 0 Å². The highest BCUT2D eigenvalue weighted by Gasteiger charge is 2.27. The van der Waals surface area contributed by atoms with Crippen LogP contribution in [0.5, 0.6) is 0 Å². The van der Waals surface area contributed by atoms with E-state index in [9.17, 15) is 5.11 Å². The summed E-state index contributed by atoms with van der Waals surface area (Å²) in [5.74, 6) is 0. The zero-order valence-corrected chi connectivity index (χ0v) is 13.6. The third-order valence-electron chi connectivity index (χ3n) is 3.89. The van der Waals surface area contributed by atoms with Crippen molar-refractivity contribution in [2.45, 2.75) is 32.4 Å². The van der Waals surface area contributed by atoms with Crippen LogP contribution in [-0.2, 0) is 0 Å². The van der Waals surface area contributed by atoms with Gasteiger partial charge < -0.3 is 10.8 Å². The second kappa shape index (κ2) is 6.54. The van der Waals surface area contributed by atoms with Gasteiger partial charge in [-0.25, -0.2) is 0 Å². The number of β-amino-alcohol motifs (C(OH)–C–C–N with tert-alkyl or cyclic N) is 1. The van der Waals surface area contributed by atoms with Crippen LogP contribution < -0.4 is 5.73 Å². The number of nitrogens with two attached hydrogens (primary N) is 1. The summed E-state index contributed by atoms with van der Waals surface area (Å²) in [6, 6.07) is 2.52. The van der Waals surface area contributed by atoms with Gasteiger partial charge in [0.2, 0.25) is 0 Å².